The van der Waals surface area contributed by atoms with Crippen LogP contribution in [0.2, 0.25) is 0 Å². The van der Waals surface area contributed by atoms with Crippen LogP contribution in [0.25, 0.3) is 66.9 Å². The second kappa shape index (κ2) is 38.0. The summed E-state index contributed by atoms with van der Waals surface area (Å²) in [6.45, 7) is 26.8. The molecule has 32 nitrogen and oxygen atoms in total. The van der Waals surface area contributed by atoms with Crippen LogP contribution < -0.4 is 47.1 Å². The first-order chi connectivity index (χ1) is 57.7. The number of hydroxylamine groups is 3. The average molecular weight is 1650 g/mol. The van der Waals surface area contributed by atoms with Crippen LogP contribution in [0.15, 0.2) is 110 Å². The van der Waals surface area contributed by atoms with Crippen molar-refractivity contribution in [1.82, 2.24) is 99.7 Å². The highest BCUT2D eigenvalue weighted by atomic mass is 19.1. The number of nitrogens with zero attached hydrogens (tertiary/aromatic N) is 20. The van der Waals surface area contributed by atoms with Crippen LogP contribution in [-0.4, -0.2) is 195 Å². The molecule has 0 bridgehead atoms. The summed E-state index contributed by atoms with van der Waals surface area (Å²) in [5.41, 5.74) is 11.1. The molecule has 0 saturated carbocycles. The van der Waals surface area contributed by atoms with Gasteiger partial charge in [0.25, 0.3) is 0 Å². The lowest BCUT2D eigenvalue weighted by Gasteiger charge is -2.36. The van der Waals surface area contributed by atoms with Crippen LogP contribution in [-0.2, 0) is 14.4 Å². The Labute approximate surface area is 686 Å². The molecule has 0 unspecified atom stereocenters. The Morgan fingerprint density at radius 3 is 1.04 bits per heavy atom. The second-order valence-electron chi connectivity index (χ2n) is 30.3. The minimum atomic E-state index is -0.678. The van der Waals surface area contributed by atoms with Gasteiger partial charge >= 0.3 is 0 Å². The van der Waals surface area contributed by atoms with Crippen molar-refractivity contribution in [1.29, 1.82) is 0 Å². The number of halogens is 6. The number of carbonyl (C=O) groups is 3. The van der Waals surface area contributed by atoms with Crippen LogP contribution in [0.1, 0.15) is 116 Å². The Hall–Kier alpha value is -12.7. The second-order valence-corrected chi connectivity index (χ2v) is 30.3. The highest BCUT2D eigenvalue weighted by molar-refractivity contribution is 5.86. The normalized spacial score (nSPS) is 14.2. The Balaban J connectivity index is 0.000000156. The number of amides is 3. The number of carbonyl (C=O) groups excluding carboxylic acids is 3. The quantitative estimate of drug-likeness (QED) is 0.0117. The summed E-state index contributed by atoms with van der Waals surface area (Å²) in [6.07, 6.45) is 11.8. The molecule has 0 spiro atoms. The number of anilines is 9. The number of hydrogen-bond acceptors (Lipinski definition) is 26. The van der Waals surface area contributed by atoms with Crippen molar-refractivity contribution in [2.75, 3.05) is 109 Å². The Kier molecular flexibility index (Phi) is 27.0. The lowest BCUT2D eigenvalue weighted by Crippen LogP contribution is -2.47. The average Bonchev–Trinajstić information content (AvgIpc) is 1.60. The number of aryl methyl sites for hydroxylation is 3. The molecule has 0 aliphatic carbocycles. The summed E-state index contributed by atoms with van der Waals surface area (Å²) in [5.74, 6) is -1.11. The van der Waals surface area contributed by atoms with Gasteiger partial charge in [-0.05, 0) is 167 Å². The fourth-order valence-corrected chi connectivity index (χ4v) is 15.3. The lowest BCUT2D eigenvalue weighted by atomic mass is 9.96. The molecule has 0 radical (unpaired) electrons. The topological polar surface area (TPSA) is 370 Å². The van der Waals surface area contributed by atoms with E-state index in [0.29, 0.717) is 95.9 Å². The smallest absolute Gasteiger partial charge is 0.246 e. The standard InChI is InChI=1S/C29H35F2N9O2.C27H31F2N9O2.C26H28F2N8O2/c1-18(2)40-19(3)34-28-22(30)14-20(15-24(28)40)27-23(31)17-33-29(36-27)35-25-8-7-21(16-32-25)39-12-10-38(11-13-39)9-5-4-6-26(41)37-42;1-16(2)38-17(3)32-26-20(28)12-18(13-22(26)38)25-21(29)15-31-27(34-25)33-23-5-4-19(14-30-23)37-10-8-36(9-11-37)7-6-24(39)35-40;1-14(2)36-15(3)31-24-19(27)10-17(11-21(24)36)23-20(28)13-30-26(33-23)32-22-5-4-18(12-29-22)35-8-6-16(7-9-35)25(37)34-38/h7-8,14-18,42H,4-6,9-13H2,1-3H3,(H,37,41)(H,32,33,35,36);4-5,12-16,40H,6-11H2,1-3H3,(H,35,39)(H,30,31,33,34);4-5,10-14,16,38H,6-9H2,1-3H3,(H,34,37)(H,29,30,32,33). The number of rotatable bonds is 24. The predicted octanol–water partition coefficient (Wildman–Crippen LogP) is 12.9. The number of nitrogens with one attached hydrogen (secondary N) is 6. The van der Waals surface area contributed by atoms with E-state index in [9.17, 15) is 40.7 Å². The van der Waals surface area contributed by atoms with Crippen molar-refractivity contribution < 1.29 is 56.3 Å². The van der Waals surface area contributed by atoms with E-state index in [-0.39, 0.29) is 105 Å². The zero-order chi connectivity index (χ0) is 85.2. The summed E-state index contributed by atoms with van der Waals surface area (Å²) >= 11 is 0. The van der Waals surface area contributed by atoms with E-state index < -0.39 is 40.8 Å². The van der Waals surface area contributed by atoms with Gasteiger partial charge in [0.2, 0.25) is 35.6 Å². The van der Waals surface area contributed by atoms with Crippen molar-refractivity contribution in [3.05, 3.63) is 162 Å². The van der Waals surface area contributed by atoms with Crippen molar-refractivity contribution in [3.63, 3.8) is 0 Å². The van der Waals surface area contributed by atoms with Gasteiger partial charge in [-0.3, -0.25) is 39.8 Å². The number of hydrogen-bond donors (Lipinski definition) is 9. The molecule has 9 N–H and O–H groups in total. The molecule has 38 heteroatoms. The molecule has 12 aromatic rings. The Morgan fingerprint density at radius 2 is 0.725 bits per heavy atom. The predicted molar refractivity (Wildman–Crippen MR) is 440 cm³/mol. The van der Waals surface area contributed by atoms with Crippen molar-refractivity contribution in [2.24, 2.45) is 5.92 Å². The third-order valence-corrected chi connectivity index (χ3v) is 21.2. The highest BCUT2D eigenvalue weighted by Crippen LogP contribution is 2.36. The van der Waals surface area contributed by atoms with Gasteiger partial charge in [-0.1, -0.05) is 0 Å². The van der Waals surface area contributed by atoms with E-state index in [1.165, 1.54) is 18.2 Å². The van der Waals surface area contributed by atoms with Gasteiger partial charge in [-0.15, -0.1) is 0 Å². The molecular weight excluding hydrogens is 1560 g/mol. The molecule has 3 aromatic carbocycles. The van der Waals surface area contributed by atoms with Crippen LogP contribution in [0, 0.1) is 61.6 Å². The SMILES string of the molecule is Cc1nc2c(F)cc(-c3nc(Nc4ccc(N5CCC(C(=O)NO)CC5)cn4)ncc3F)cc2n1C(C)C.Cc1nc2c(F)cc(-c3nc(Nc4ccc(N5CCN(CCC(=O)NO)CC5)cn4)ncc3F)cc2n1C(C)C.Cc1nc2c(F)cc(-c3nc(Nc4ccc(N5CCN(CCCCC(=O)NO)CC5)cn4)ncc3F)cc2n1C(C)C. The van der Waals surface area contributed by atoms with Crippen LogP contribution in [0.4, 0.5) is 78.7 Å². The van der Waals surface area contributed by atoms with E-state index in [1.54, 1.807) is 65.4 Å². The molecule has 630 valence electrons. The molecule has 15 rings (SSSR count). The summed E-state index contributed by atoms with van der Waals surface area (Å²) in [5, 5.41) is 35.0. The van der Waals surface area contributed by atoms with Crippen LogP contribution in [0.3, 0.4) is 0 Å². The molecule has 3 fully saturated rings. The number of piperidine rings is 1. The number of fused-ring (bicyclic) bond motifs is 3. The Morgan fingerprint density at radius 1 is 0.392 bits per heavy atom. The molecule has 12 heterocycles. The summed E-state index contributed by atoms with van der Waals surface area (Å²) in [4.78, 5) is 96.6. The summed E-state index contributed by atoms with van der Waals surface area (Å²) < 4.78 is 95.1. The van der Waals surface area contributed by atoms with Crippen molar-refractivity contribution in [3.8, 4) is 33.8 Å². The van der Waals surface area contributed by atoms with Gasteiger partial charge in [-0.25, -0.2) is 103 Å². The number of unbranched alkanes of at least 4 members (excludes halogenated alkanes) is 1. The number of aromatic nitrogens is 15. The van der Waals surface area contributed by atoms with Gasteiger partial charge in [-0.2, -0.15) is 0 Å². The van der Waals surface area contributed by atoms with E-state index in [4.69, 9.17) is 15.6 Å². The van der Waals surface area contributed by atoms with E-state index in [1.807, 2.05) is 100 Å². The molecule has 3 aliphatic heterocycles. The fourth-order valence-electron chi connectivity index (χ4n) is 15.3. The zero-order valence-electron chi connectivity index (χ0n) is 67.7. The number of piperazine rings is 2. The van der Waals surface area contributed by atoms with Gasteiger partial charge < -0.3 is 44.4 Å². The molecule has 0 atom stereocenters. The first-order valence-corrected chi connectivity index (χ1v) is 39.5. The Bertz CT molecular complexity index is 5640. The first kappa shape index (κ1) is 85.2. The monoisotopic (exact) mass is 1650 g/mol. The van der Waals surface area contributed by atoms with Crippen molar-refractivity contribution >= 4 is 103 Å². The highest BCUT2D eigenvalue weighted by Gasteiger charge is 2.28. The summed E-state index contributed by atoms with van der Waals surface area (Å²) in [6, 6.07) is 20.1. The van der Waals surface area contributed by atoms with Gasteiger partial charge in [0.05, 0.1) is 70.8 Å². The molecule has 3 amide bonds. The maximum Gasteiger partial charge on any atom is 0.246 e. The van der Waals surface area contributed by atoms with Crippen molar-refractivity contribution in [2.45, 2.75) is 119 Å². The first-order valence-electron chi connectivity index (χ1n) is 39.5. The van der Waals surface area contributed by atoms with Crippen LogP contribution >= 0.6 is 0 Å². The number of pyridine rings is 3. The lowest BCUT2D eigenvalue weighted by molar-refractivity contribution is -0.134. The largest absolute Gasteiger partial charge is 0.370 e. The molecule has 120 heavy (non-hydrogen) atoms. The van der Waals surface area contributed by atoms with Gasteiger partial charge in [0, 0.05) is 126 Å². The number of benzene rings is 3. The molecular formula is C82H94F6N26O6. The summed E-state index contributed by atoms with van der Waals surface area (Å²) in [7, 11) is 0. The minimum Gasteiger partial charge on any atom is -0.370 e. The van der Waals surface area contributed by atoms with E-state index >= 15 is 0 Å². The van der Waals surface area contributed by atoms with Gasteiger partial charge in [0.15, 0.2) is 34.9 Å². The van der Waals surface area contributed by atoms with Crippen LogP contribution in [0.5, 0.6) is 0 Å². The third kappa shape index (κ3) is 19.9. The maximum atomic E-state index is 15.0. The van der Waals surface area contributed by atoms with E-state index in [2.05, 4.69) is 100 Å². The number of imidazole rings is 3. The molecule has 9 aromatic heterocycles. The molecule has 3 aliphatic rings. The third-order valence-electron chi connectivity index (χ3n) is 21.2. The maximum absolute atomic E-state index is 15.0. The fraction of sp³-hybridized carbons (Fsp3) is 0.378. The van der Waals surface area contributed by atoms with Gasteiger partial charge in [0.1, 0.15) is 68.6 Å². The zero-order valence-corrected chi connectivity index (χ0v) is 67.7. The molecule has 3 saturated heterocycles. The van der Waals surface area contributed by atoms with E-state index in [0.717, 1.165) is 107 Å². The minimum absolute atomic E-state index is 0.0198.